The van der Waals surface area contributed by atoms with Gasteiger partial charge in [0.05, 0.1) is 19.0 Å². The first-order valence-corrected chi connectivity index (χ1v) is 11.1. The summed E-state index contributed by atoms with van der Waals surface area (Å²) in [6, 6.07) is 25.8. The van der Waals surface area contributed by atoms with Crippen LogP contribution in [0.1, 0.15) is 11.1 Å². The average molecular weight is 482 g/mol. The van der Waals surface area contributed by atoms with Crippen molar-refractivity contribution in [1.29, 1.82) is 5.26 Å². The Balaban J connectivity index is 1.41. The third kappa shape index (κ3) is 6.07. The molecule has 0 aliphatic carbocycles. The van der Waals surface area contributed by atoms with Crippen molar-refractivity contribution in [3.8, 4) is 34.6 Å². The summed E-state index contributed by atoms with van der Waals surface area (Å²) in [6.07, 6.45) is 1.55. The van der Waals surface area contributed by atoms with Gasteiger partial charge in [-0.3, -0.25) is 9.78 Å². The lowest BCUT2D eigenvalue weighted by Crippen LogP contribution is -2.16. The van der Waals surface area contributed by atoms with E-state index in [0.29, 0.717) is 30.3 Å². The number of benzene rings is 3. The second-order valence-corrected chi connectivity index (χ2v) is 7.41. The molecule has 4 aromatic rings. The number of anilines is 1. The minimum absolute atomic E-state index is 0.0646. The highest BCUT2D eigenvalue weighted by molar-refractivity contribution is 5.81. The molecule has 0 unspecified atom stereocenters. The largest absolute Gasteiger partial charge is 0.493 e. The molecular formula is C27H23N5O4. The maximum Gasteiger partial charge on any atom is 0.270 e. The minimum Gasteiger partial charge on any atom is -0.493 e. The van der Waals surface area contributed by atoms with E-state index in [1.54, 1.807) is 37.6 Å². The molecule has 9 heteroatoms. The van der Waals surface area contributed by atoms with E-state index in [1.807, 2.05) is 60.7 Å². The first-order valence-electron chi connectivity index (χ1n) is 11.1. The smallest absolute Gasteiger partial charge is 0.270 e. The van der Waals surface area contributed by atoms with Gasteiger partial charge in [0.2, 0.25) is 5.95 Å². The number of hydrazone groups is 1. The SMILES string of the molecule is COc1cc(C=NNc2nc(-c3ccccc3)c(C#N)c(=O)[nH]2)ccc1OCCOc1ccccc1. The van der Waals surface area contributed by atoms with Gasteiger partial charge in [-0.1, -0.05) is 48.5 Å². The number of nitriles is 1. The van der Waals surface area contributed by atoms with Crippen molar-refractivity contribution < 1.29 is 14.2 Å². The van der Waals surface area contributed by atoms with E-state index in [-0.39, 0.29) is 17.2 Å². The highest BCUT2D eigenvalue weighted by Crippen LogP contribution is 2.27. The van der Waals surface area contributed by atoms with Gasteiger partial charge in [0.15, 0.2) is 11.5 Å². The van der Waals surface area contributed by atoms with Crippen LogP contribution in [-0.2, 0) is 0 Å². The monoisotopic (exact) mass is 481 g/mol. The van der Waals surface area contributed by atoms with Crippen molar-refractivity contribution in [3.63, 3.8) is 0 Å². The molecule has 2 N–H and O–H groups in total. The van der Waals surface area contributed by atoms with E-state index >= 15 is 0 Å². The normalized spacial score (nSPS) is 10.6. The summed E-state index contributed by atoms with van der Waals surface area (Å²) in [5, 5.41) is 13.5. The van der Waals surface area contributed by atoms with Gasteiger partial charge in [-0.05, 0) is 35.9 Å². The summed E-state index contributed by atoms with van der Waals surface area (Å²) in [5.41, 5.74) is 3.75. The van der Waals surface area contributed by atoms with Gasteiger partial charge >= 0.3 is 0 Å². The van der Waals surface area contributed by atoms with Crippen LogP contribution in [0.25, 0.3) is 11.3 Å². The lowest BCUT2D eigenvalue weighted by molar-refractivity contribution is 0.211. The molecule has 0 fully saturated rings. The van der Waals surface area contributed by atoms with Crippen LogP contribution in [-0.4, -0.2) is 36.5 Å². The fraction of sp³-hybridized carbons (Fsp3) is 0.111. The lowest BCUT2D eigenvalue weighted by atomic mass is 10.1. The predicted molar refractivity (Wildman–Crippen MR) is 137 cm³/mol. The van der Waals surface area contributed by atoms with E-state index in [0.717, 1.165) is 11.3 Å². The van der Waals surface area contributed by atoms with Crippen LogP contribution < -0.4 is 25.2 Å². The van der Waals surface area contributed by atoms with Crippen LogP contribution in [0.3, 0.4) is 0 Å². The maximum atomic E-state index is 12.4. The average Bonchev–Trinajstić information content (AvgIpc) is 2.92. The number of aromatic nitrogens is 2. The Hall–Kier alpha value is -5.10. The summed E-state index contributed by atoms with van der Waals surface area (Å²) in [4.78, 5) is 19.2. The maximum absolute atomic E-state index is 12.4. The van der Waals surface area contributed by atoms with Gasteiger partial charge in [0.1, 0.15) is 30.6 Å². The molecule has 0 saturated heterocycles. The number of H-pyrrole nitrogens is 1. The molecule has 0 aliphatic heterocycles. The van der Waals surface area contributed by atoms with Crippen molar-refractivity contribution in [1.82, 2.24) is 9.97 Å². The Morgan fingerprint density at radius 3 is 2.44 bits per heavy atom. The predicted octanol–water partition coefficient (Wildman–Crippen LogP) is 4.22. The zero-order valence-corrected chi connectivity index (χ0v) is 19.5. The quantitative estimate of drug-likeness (QED) is 0.198. The second kappa shape index (κ2) is 11.9. The zero-order chi connectivity index (χ0) is 25.2. The van der Waals surface area contributed by atoms with Gasteiger partial charge in [0, 0.05) is 5.56 Å². The van der Waals surface area contributed by atoms with Crippen molar-refractivity contribution >= 4 is 12.2 Å². The number of nitrogens with one attached hydrogen (secondary N) is 2. The molecule has 36 heavy (non-hydrogen) atoms. The molecule has 1 heterocycles. The molecule has 0 atom stereocenters. The number of hydrogen-bond acceptors (Lipinski definition) is 8. The Kier molecular flexibility index (Phi) is 7.91. The molecule has 4 rings (SSSR count). The fourth-order valence-corrected chi connectivity index (χ4v) is 3.31. The number of para-hydroxylation sites is 1. The number of ether oxygens (including phenoxy) is 3. The molecule has 180 valence electrons. The topological polar surface area (TPSA) is 122 Å². The fourth-order valence-electron chi connectivity index (χ4n) is 3.31. The Morgan fingerprint density at radius 1 is 1.00 bits per heavy atom. The van der Waals surface area contributed by atoms with Gasteiger partial charge in [0.25, 0.3) is 5.56 Å². The highest BCUT2D eigenvalue weighted by Gasteiger charge is 2.13. The molecule has 0 amide bonds. The van der Waals surface area contributed by atoms with E-state index in [1.165, 1.54) is 0 Å². The highest BCUT2D eigenvalue weighted by atomic mass is 16.5. The van der Waals surface area contributed by atoms with Crippen LogP contribution in [0.5, 0.6) is 17.2 Å². The molecule has 0 aliphatic rings. The number of nitrogens with zero attached hydrogens (tertiary/aromatic N) is 3. The summed E-state index contributed by atoms with van der Waals surface area (Å²) in [7, 11) is 1.55. The third-order valence-corrected chi connectivity index (χ3v) is 5.00. The Morgan fingerprint density at radius 2 is 1.72 bits per heavy atom. The Labute approximate surface area is 207 Å². The summed E-state index contributed by atoms with van der Waals surface area (Å²) >= 11 is 0. The molecule has 0 saturated carbocycles. The standard InChI is InChI=1S/C27H23N5O4/c1-34-24-16-19(12-13-23(24)36-15-14-35-21-10-6-3-7-11-21)18-29-32-27-30-25(20-8-4-2-5-9-20)22(17-28)26(33)31-27/h2-13,16,18H,14-15H2,1H3,(H2,30,31,32,33). The summed E-state index contributed by atoms with van der Waals surface area (Å²) in [6.45, 7) is 0.739. The lowest BCUT2D eigenvalue weighted by Gasteiger charge is -2.12. The van der Waals surface area contributed by atoms with Gasteiger partial charge < -0.3 is 14.2 Å². The van der Waals surface area contributed by atoms with Crippen LogP contribution in [0.15, 0.2) is 88.8 Å². The van der Waals surface area contributed by atoms with Crippen molar-refractivity contribution in [3.05, 3.63) is 100 Å². The number of aromatic amines is 1. The van der Waals surface area contributed by atoms with Gasteiger partial charge in [-0.15, -0.1) is 0 Å². The molecular weight excluding hydrogens is 458 g/mol. The number of methoxy groups -OCH3 is 1. The van der Waals surface area contributed by atoms with E-state index < -0.39 is 5.56 Å². The van der Waals surface area contributed by atoms with Crippen LogP contribution in [0, 0.1) is 11.3 Å². The van der Waals surface area contributed by atoms with Crippen LogP contribution >= 0.6 is 0 Å². The molecule has 1 aromatic heterocycles. The summed E-state index contributed by atoms with van der Waals surface area (Å²) < 4.78 is 16.9. The van der Waals surface area contributed by atoms with Crippen molar-refractivity contribution in [2.24, 2.45) is 5.10 Å². The number of hydrogen-bond donors (Lipinski definition) is 2. The van der Waals surface area contributed by atoms with Crippen LogP contribution in [0.2, 0.25) is 0 Å². The first-order chi connectivity index (χ1) is 17.7. The van der Waals surface area contributed by atoms with Crippen molar-refractivity contribution in [2.75, 3.05) is 25.7 Å². The van der Waals surface area contributed by atoms with Crippen LogP contribution in [0.4, 0.5) is 5.95 Å². The van der Waals surface area contributed by atoms with E-state index in [2.05, 4.69) is 20.5 Å². The van der Waals surface area contributed by atoms with E-state index in [9.17, 15) is 10.1 Å². The molecule has 0 bridgehead atoms. The van der Waals surface area contributed by atoms with Crippen molar-refractivity contribution in [2.45, 2.75) is 0 Å². The first kappa shape index (κ1) is 24.0. The Bertz CT molecular complexity index is 1430. The zero-order valence-electron chi connectivity index (χ0n) is 19.5. The third-order valence-electron chi connectivity index (χ3n) is 5.00. The molecule has 9 nitrogen and oxygen atoms in total. The van der Waals surface area contributed by atoms with E-state index in [4.69, 9.17) is 14.2 Å². The van der Waals surface area contributed by atoms with Gasteiger partial charge in [-0.25, -0.2) is 10.4 Å². The molecule has 3 aromatic carbocycles. The summed E-state index contributed by atoms with van der Waals surface area (Å²) in [5.74, 6) is 2.00. The second-order valence-electron chi connectivity index (χ2n) is 7.41. The minimum atomic E-state index is -0.552. The molecule has 0 spiro atoms. The van der Waals surface area contributed by atoms with Gasteiger partial charge in [-0.2, -0.15) is 10.4 Å². The number of rotatable bonds is 10. The molecule has 0 radical (unpaired) electrons.